The van der Waals surface area contributed by atoms with Gasteiger partial charge in [-0.3, -0.25) is 4.90 Å². The maximum atomic E-state index is 10.5. The molecule has 0 radical (unpaired) electrons. The summed E-state index contributed by atoms with van der Waals surface area (Å²) in [6, 6.07) is 7.35. The molecule has 1 saturated heterocycles. The highest BCUT2D eigenvalue weighted by atomic mass is 35.5. The van der Waals surface area contributed by atoms with Crippen molar-refractivity contribution in [2.24, 2.45) is 0 Å². The van der Waals surface area contributed by atoms with Crippen LogP contribution in [0.3, 0.4) is 0 Å². The molecule has 110 valence electrons. The maximum Gasteiger partial charge on any atom is 0.329 e. The van der Waals surface area contributed by atoms with Gasteiger partial charge in [0.1, 0.15) is 19.0 Å². The number of likely N-dealkylation sites (tertiary alicyclic amines) is 1. The fourth-order valence-corrected chi connectivity index (χ4v) is 2.42. The van der Waals surface area contributed by atoms with Gasteiger partial charge in [0.05, 0.1) is 10.6 Å². The van der Waals surface area contributed by atoms with Crippen molar-refractivity contribution in [3.63, 3.8) is 0 Å². The largest absolute Gasteiger partial charge is 0.491 e. The first-order valence-corrected chi connectivity index (χ1v) is 6.82. The zero-order valence-corrected chi connectivity index (χ0v) is 12.1. The molecule has 0 bridgehead atoms. The molecule has 5 nitrogen and oxygen atoms in total. The molecule has 1 aromatic rings. The molecular formula is C14H18ClNO4. The maximum absolute atomic E-state index is 10.5. The lowest BCUT2D eigenvalue weighted by Crippen LogP contribution is -2.62. The summed E-state index contributed by atoms with van der Waals surface area (Å²) >= 11 is 5.99. The van der Waals surface area contributed by atoms with E-state index in [0.29, 0.717) is 30.5 Å². The summed E-state index contributed by atoms with van der Waals surface area (Å²) in [5.41, 5.74) is -0.358. The lowest BCUT2D eigenvalue weighted by molar-refractivity contribution is -0.165. The van der Waals surface area contributed by atoms with Crippen LogP contribution in [0.2, 0.25) is 5.02 Å². The predicted octanol–water partition coefficient (Wildman–Crippen LogP) is 1.89. The zero-order valence-electron chi connectivity index (χ0n) is 11.3. The minimum atomic E-state index is -0.938. The van der Waals surface area contributed by atoms with Gasteiger partial charge in [-0.25, -0.2) is 4.79 Å². The van der Waals surface area contributed by atoms with Crippen molar-refractivity contribution in [3.8, 4) is 5.75 Å². The fraction of sp³-hybridized carbons (Fsp3) is 0.500. The van der Waals surface area contributed by atoms with Gasteiger partial charge in [0, 0.05) is 19.6 Å². The van der Waals surface area contributed by atoms with Crippen molar-refractivity contribution in [1.29, 1.82) is 0 Å². The summed E-state index contributed by atoms with van der Waals surface area (Å²) < 4.78 is 10.9. The van der Waals surface area contributed by atoms with E-state index in [0.717, 1.165) is 6.54 Å². The predicted molar refractivity (Wildman–Crippen MR) is 75.4 cm³/mol. The van der Waals surface area contributed by atoms with E-state index in [1.807, 2.05) is 25.1 Å². The normalized spacial score (nSPS) is 17.5. The van der Waals surface area contributed by atoms with E-state index in [9.17, 15) is 4.79 Å². The molecule has 0 spiro atoms. The van der Waals surface area contributed by atoms with Crippen LogP contribution in [0.25, 0.3) is 0 Å². The molecule has 0 saturated carbocycles. The molecule has 6 heteroatoms. The van der Waals surface area contributed by atoms with Crippen LogP contribution >= 0.6 is 11.6 Å². The Hall–Kier alpha value is -1.30. The molecule has 0 aliphatic carbocycles. The Morgan fingerprint density at radius 3 is 2.80 bits per heavy atom. The number of halogens is 1. The van der Waals surface area contributed by atoms with Crippen molar-refractivity contribution in [2.75, 3.05) is 32.8 Å². The molecule has 1 fully saturated rings. The SMILES string of the molecule is CC1(OCC(=O)O)CN(CCOc2ccccc2Cl)C1. The molecule has 1 heterocycles. The molecule has 0 atom stereocenters. The fourth-order valence-electron chi connectivity index (χ4n) is 2.23. The number of carboxylic acid groups (broad SMARTS) is 1. The molecule has 2 rings (SSSR count). The molecule has 20 heavy (non-hydrogen) atoms. The molecule has 1 aliphatic rings. The van der Waals surface area contributed by atoms with Gasteiger partial charge in [-0.05, 0) is 19.1 Å². The number of hydrogen-bond acceptors (Lipinski definition) is 4. The van der Waals surface area contributed by atoms with Crippen molar-refractivity contribution in [3.05, 3.63) is 29.3 Å². The zero-order chi connectivity index (χ0) is 14.6. The third kappa shape index (κ3) is 4.10. The van der Waals surface area contributed by atoms with E-state index in [1.165, 1.54) is 0 Å². The van der Waals surface area contributed by atoms with Gasteiger partial charge < -0.3 is 14.6 Å². The summed E-state index contributed by atoms with van der Waals surface area (Å²) in [5.74, 6) is -0.258. The minimum absolute atomic E-state index is 0.250. The van der Waals surface area contributed by atoms with Crippen LogP contribution in [0.1, 0.15) is 6.92 Å². The smallest absolute Gasteiger partial charge is 0.329 e. The van der Waals surface area contributed by atoms with Gasteiger partial charge in [0.2, 0.25) is 0 Å². The van der Waals surface area contributed by atoms with Gasteiger partial charge in [0.15, 0.2) is 0 Å². The summed E-state index contributed by atoms with van der Waals surface area (Å²) in [7, 11) is 0. The van der Waals surface area contributed by atoms with Crippen LogP contribution in [0.5, 0.6) is 5.75 Å². The summed E-state index contributed by atoms with van der Waals surface area (Å²) in [5, 5.41) is 9.19. The first-order chi connectivity index (χ1) is 9.48. The monoisotopic (exact) mass is 299 g/mol. The van der Waals surface area contributed by atoms with Gasteiger partial charge in [0.25, 0.3) is 0 Å². The topological polar surface area (TPSA) is 59.0 Å². The first kappa shape index (κ1) is 15.1. The number of carbonyl (C=O) groups is 1. The molecule has 1 aliphatic heterocycles. The van der Waals surface area contributed by atoms with Crippen LogP contribution in [0, 0.1) is 0 Å². The molecule has 0 unspecified atom stereocenters. The summed E-state index contributed by atoms with van der Waals surface area (Å²) in [4.78, 5) is 12.6. The second kappa shape index (κ2) is 6.43. The lowest BCUT2D eigenvalue weighted by atomic mass is 9.96. The van der Waals surface area contributed by atoms with E-state index in [4.69, 9.17) is 26.2 Å². The highest BCUT2D eigenvalue weighted by molar-refractivity contribution is 6.32. The average molecular weight is 300 g/mol. The number of carboxylic acids is 1. The van der Waals surface area contributed by atoms with Gasteiger partial charge >= 0.3 is 5.97 Å². The Bertz CT molecular complexity index is 474. The third-order valence-electron chi connectivity index (χ3n) is 3.16. The number of nitrogens with zero attached hydrogens (tertiary/aromatic N) is 1. The van der Waals surface area contributed by atoms with E-state index in [2.05, 4.69) is 4.90 Å². The quantitative estimate of drug-likeness (QED) is 0.833. The molecule has 0 amide bonds. The minimum Gasteiger partial charge on any atom is -0.491 e. The van der Waals surface area contributed by atoms with Crippen molar-refractivity contribution < 1.29 is 19.4 Å². The van der Waals surface area contributed by atoms with Crippen LogP contribution < -0.4 is 4.74 Å². The Labute approximate surface area is 123 Å². The van der Waals surface area contributed by atoms with Crippen molar-refractivity contribution in [1.82, 2.24) is 4.90 Å². The highest BCUT2D eigenvalue weighted by Gasteiger charge is 2.39. The molecule has 0 aromatic heterocycles. The van der Waals surface area contributed by atoms with Crippen LogP contribution in [-0.4, -0.2) is 54.4 Å². The summed E-state index contributed by atoms with van der Waals surface area (Å²) in [6.07, 6.45) is 0. The Balaban J connectivity index is 1.65. The Morgan fingerprint density at radius 2 is 2.15 bits per heavy atom. The highest BCUT2D eigenvalue weighted by Crippen LogP contribution is 2.25. The summed E-state index contributed by atoms with van der Waals surface area (Å²) in [6.45, 7) is 4.40. The van der Waals surface area contributed by atoms with Crippen molar-refractivity contribution >= 4 is 17.6 Å². The third-order valence-corrected chi connectivity index (χ3v) is 3.47. The lowest BCUT2D eigenvalue weighted by Gasteiger charge is -2.47. The Morgan fingerprint density at radius 1 is 1.45 bits per heavy atom. The van der Waals surface area contributed by atoms with E-state index >= 15 is 0 Å². The average Bonchev–Trinajstić information content (AvgIpc) is 2.36. The van der Waals surface area contributed by atoms with E-state index in [1.54, 1.807) is 6.07 Å². The van der Waals surface area contributed by atoms with Crippen LogP contribution in [0.15, 0.2) is 24.3 Å². The van der Waals surface area contributed by atoms with Gasteiger partial charge in [-0.2, -0.15) is 0 Å². The van der Waals surface area contributed by atoms with Gasteiger partial charge in [-0.1, -0.05) is 23.7 Å². The van der Waals surface area contributed by atoms with Crippen LogP contribution in [-0.2, 0) is 9.53 Å². The number of hydrogen-bond donors (Lipinski definition) is 1. The molecular weight excluding hydrogens is 282 g/mol. The number of ether oxygens (including phenoxy) is 2. The first-order valence-electron chi connectivity index (χ1n) is 6.44. The van der Waals surface area contributed by atoms with Crippen LogP contribution in [0.4, 0.5) is 0 Å². The van der Waals surface area contributed by atoms with E-state index < -0.39 is 5.97 Å². The Kier molecular flexibility index (Phi) is 4.86. The number of benzene rings is 1. The molecule has 1 aromatic carbocycles. The van der Waals surface area contributed by atoms with E-state index in [-0.39, 0.29) is 12.2 Å². The molecule has 1 N–H and O–H groups in total. The number of rotatable bonds is 7. The standard InChI is InChI=1S/C14H18ClNO4/c1-14(20-8-13(17)18)9-16(10-14)6-7-19-12-5-3-2-4-11(12)15/h2-5H,6-10H2,1H3,(H,17,18). The second-order valence-corrected chi connectivity index (χ2v) is 5.53. The second-order valence-electron chi connectivity index (χ2n) is 5.12. The number of para-hydroxylation sites is 1. The van der Waals surface area contributed by atoms with Gasteiger partial charge in [-0.15, -0.1) is 0 Å². The number of aliphatic carboxylic acids is 1. The van der Waals surface area contributed by atoms with Crippen molar-refractivity contribution in [2.45, 2.75) is 12.5 Å².